The Labute approximate surface area is 480 Å². The van der Waals surface area contributed by atoms with Gasteiger partial charge in [0, 0.05) is 62.7 Å². The number of ether oxygens (including phenoxy) is 8. The van der Waals surface area contributed by atoms with Crippen molar-refractivity contribution < 1.29 is 75.7 Å². The Balaban J connectivity index is 0.000000374. The second-order valence-electron chi connectivity index (χ2n) is 19.4. The van der Waals surface area contributed by atoms with Crippen LogP contribution in [0.1, 0.15) is 59.4 Å². The largest absolute Gasteiger partial charge is 0.504 e. The van der Waals surface area contributed by atoms with E-state index in [1.165, 1.54) is 26.4 Å². The molecule has 0 aromatic heterocycles. The summed E-state index contributed by atoms with van der Waals surface area (Å²) in [6, 6.07) is 37.9. The fourth-order valence-corrected chi connectivity index (χ4v) is 11.3. The average molecular weight is 1200 g/mol. The van der Waals surface area contributed by atoms with Gasteiger partial charge >= 0.3 is 0 Å². The molecule has 6 aromatic carbocycles. The molecule has 0 aliphatic rings. The number of phenols is 2. The van der Waals surface area contributed by atoms with Crippen molar-refractivity contribution in [3.05, 3.63) is 161 Å². The summed E-state index contributed by atoms with van der Waals surface area (Å²) in [7, 11) is -3.08. The zero-order valence-corrected chi connectivity index (χ0v) is 51.6. The molecule has 0 spiro atoms. The molecule has 442 valence electrons. The van der Waals surface area contributed by atoms with Crippen molar-refractivity contribution in [3.8, 4) is 34.5 Å². The maximum atomic E-state index is 12.3. The summed E-state index contributed by atoms with van der Waals surface area (Å²) in [6.07, 6.45) is 8.95. The van der Waals surface area contributed by atoms with Crippen LogP contribution in [-0.4, -0.2) is 125 Å². The first-order chi connectivity index (χ1) is 37.7. The Hall–Kier alpha value is -6.01. The van der Waals surface area contributed by atoms with Crippen LogP contribution >= 0.6 is 28.8 Å². The highest BCUT2D eigenvalue weighted by Crippen LogP contribution is 2.44. The monoisotopic (exact) mass is 1190 g/mol. The first-order valence-corrected chi connectivity index (χ1v) is 35.1. The Morgan fingerprint density at radius 1 is 0.432 bits per heavy atom. The van der Waals surface area contributed by atoms with Crippen molar-refractivity contribution in [1.29, 1.82) is 0 Å². The maximum Gasteiger partial charge on any atom is 0.229 e. The lowest BCUT2D eigenvalue weighted by molar-refractivity contribution is 0.0322. The summed E-state index contributed by atoms with van der Waals surface area (Å²) in [5.41, 5.74) is 5.28. The lowest BCUT2D eigenvalue weighted by Gasteiger charge is -2.17. The number of phenolic OH excluding ortho intramolecular Hbond substituents is 2. The van der Waals surface area contributed by atoms with Crippen LogP contribution in [0.4, 0.5) is 0 Å². The fourth-order valence-electron chi connectivity index (χ4n) is 6.87. The molecule has 6 rings (SSSR count). The zero-order valence-electron chi connectivity index (χ0n) is 48.0. The third-order valence-corrected chi connectivity index (χ3v) is 17.0. The highest BCUT2D eigenvalue weighted by Gasteiger charge is 2.21. The number of carbonyl (C=O) groups is 1. The molecule has 0 fully saturated rings. The van der Waals surface area contributed by atoms with Gasteiger partial charge in [0.2, 0.25) is 7.37 Å². The molecular formula is C61H82O16P4. The van der Waals surface area contributed by atoms with E-state index in [9.17, 15) is 33.3 Å². The van der Waals surface area contributed by atoms with Crippen LogP contribution in [0.2, 0.25) is 0 Å². The second-order valence-corrected chi connectivity index (χ2v) is 31.8. The smallest absolute Gasteiger partial charge is 0.229 e. The minimum absolute atomic E-state index is 0. The van der Waals surface area contributed by atoms with E-state index in [4.69, 9.17) is 42.4 Å². The zero-order chi connectivity index (χ0) is 59.5. The second kappa shape index (κ2) is 35.1. The number of aldehydes is 1. The molecule has 0 aliphatic heterocycles. The van der Waals surface area contributed by atoms with Gasteiger partial charge in [-0.1, -0.05) is 105 Å². The molecular weight excluding hydrogens is 1110 g/mol. The highest BCUT2D eigenvalue weighted by atomic mass is 31.2. The number of carbonyl (C=O) groups excluding carboxylic acids is 1. The lowest BCUT2D eigenvalue weighted by atomic mass is 10.1. The van der Waals surface area contributed by atoms with Crippen molar-refractivity contribution in [2.24, 2.45) is 0 Å². The van der Waals surface area contributed by atoms with Crippen LogP contribution in [0.15, 0.2) is 127 Å². The maximum absolute atomic E-state index is 12.3. The van der Waals surface area contributed by atoms with E-state index in [2.05, 4.69) is 0 Å². The lowest BCUT2D eigenvalue weighted by Crippen LogP contribution is -2.10. The normalized spacial score (nSPS) is 12.1. The van der Waals surface area contributed by atoms with Crippen molar-refractivity contribution in [3.63, 3.8) is 0 Å². The molecule has 1 unspecified atom stereocenters. The SMILES string of the molecule is C.CC(C)OP(C)(=O)c1ccc(CP(C)(C)=O)cc1.COCOc1ccc(C=Cc2ccc(P(C)(C)=O)cc2)cc1OCOC.COCOc1ccc(C=O)cc1OCOC.CP(C)(=O)c1ccc(C=Cc2ccc(O)c(O)c2)cc1. The number of hydrogen-bond donors (Lipinski definition) is 2. The van der Waals surface area contributed by atoms with Crippen molar-refractivity contribution in [1.82, 2.24) is 0 Å². The van der Waals surface area contributed by atoms with E-state index in [0.717, 1.165) is 44.7 Å². The molecule has 1 atom stereocenters. The minimum atomic E-state index is -2.74. The molecule has 0 saturated heterocycles. The van der Waals surface area contributed by atoms with Crippen LogP contribution in [-0.2, 0) is 47.9 Å². The van der Waals surface area contributed by atoms with E-state index >= 15 is 0 Å². The van der Waals surface area contributed by atoms with Crippen molar-refractivity contribution >= 4 is 75.3 Å². The van der Waals surface area contributed by atoms with Crippen molar-refractivity contribution in [2.45, 2.75) is 33.5 Å². The Morgan fingerprint density at radius 3 is 1.15 bits per heavy atom. The van der Waals surface area contributed by atoms with Gasteiger partial charge in [0.05, 0.1) is 13.2 Å². The Kier molecular flexibility index (Phi) is 30.8. The van der Waals surface area contributed by atoms with Gasteiger partial charge in [-0.15, -0.1) is 0 Å². The molecule has 0 aliphatic carbocycles. The Morgan fingerprint density at radius 2 is 0.778 bits per heavy atom. The van der Waals surface area contributed by atoms with E-state index in [1.807, 2.05) is 129 Å². The number of aromatic hydroxyl groups is 2. The standard InChI is InChI=1S/C20H25O5P.C16H17O3P.C13H22O3P2.C11H14O5.CH4/c1-22-14-24-19-12-9-17(13-20(19)25-15-23-2)6-5-16-7-10-18(11-8-16)26(3,4)21;1-20(2,19)14-8-5-12(6-9-14)3-4-13-7-10-15(17)16(18)11-13;1-11(2)16-18(5,15)13-8-6-12(7-9-13)10-17(3,4)14;1-13-7-15-10-4-3-9(6-12)5-11(10)16-8-14-2;/h5-13H,14-15H2,1-4H3;3-11,17-18H,1-2H3;6-9,11H,10H2,1-5H3;3-6H,7-8H2,1-2H3;1H4. The van der Waals surface area contributed by atoms with Gasteiger partial charge < -0.3 is 66.3 Å². The molecule has 2 N–H and O–H groups in total. The molecule has 0 heterocycles. The summed E-state index contributed by atoms with van der Waals surface area (Å²) in [5.74, 6) is 1.85. The van der Waals surface area contributed by atoms with Gasteiger partial charge in [-0.2, -0.15) is 0 Å². The van der Waals surface area contributed by atoms with Gasteiger partial charge in [-0.05, 0) is 136 Å². The summed E-state index contributed by atoms with van der Waals surface area (Å²) in [6.45, 7) is 16.4. The molecule has 0 bridgehead atoms. The first kappa shape index (κ1) is 71.1. The van der Waals surface area contributed by atoms with Crippen LogP contribution < -0.4 is 34.9 Å². The third-order valence-electron chi connectivity index (χ3n) is 10.7. The van der Waals surface area contributed by atoms with E-state index in [-0.39, 0.29) is 52.2 Å². The summed E-state index contributed by atoms with van der Waals surface area (Å²) in [4.78, 5) is 10.6. The summed E-state index contributed by atoms with van der Waals surface area (Å²) < 4.78 is 94.6. The quantitative estimate of drug-likeness (QED) is 0.0190. The highest BCUT2D eigenvalue weighted by molar-refractivity contribution is 7.70. The van der Waals surface area contributed by atoms with Crippen LogP contribution in [0.5, 0.6) is 34.5 Å². The number of methoxy groups -OCH3 is 4. The van der Waals surface area contributed by atoms with Gasteiger partial charge in [-0.3, -0.25) is 9.36 Å². The molecule has 0 amide bonds. The number of rotatable bonds is 24. The first-order valence-electron chi connectivity index (χ1n) is 25.0. The van der Waals surface area contributed by atoms with Gasteiger partial charge in [-0.25, -0.2) is 0 Å². The Bertz CT molecular complexity index is 3100. The van der Waals surface area contributed by atoms with Crippen LogP contribution in [0.25, 0.3) is 24.3 Å². The van der Waals surface area contributed by atoms with Gasteiger partial charge in [0.1, 0.15) is 20.6 Å². The fraction of sp³-hybridized carbons (Fsp3) is 0.328. The van der Waals surface area contributed by atoms with Crippen LogP contribution in [0.3, 0.4) is 0 Å². The van der Waals surface area contributed by atoms with E-state index in [1.54, 1.807) is 85.1 Å². The summed E-state index contributed by atoms with van der Waals surface area (Å²) in [5, 5.41) is 21.1. The van der Waals surface area contributed by atoms with Crippen LogP contribution in [0, 0.1) is 0 Å². The molecule has 6 aromatic rings. The molecule has 81 heavy (non-hydrogen) atoms. The van der Waals surface area contributed by atoms with Gasteiger partial charge in [0.15, 0.2) is 61.7 Å². The number of benzene rings is 6. The van der Waals surface area contributed by atoms with Crippen molar-refractivity contribution in [2.75, 3.05) is 102 Å². The molecule has 0 radical (unpaired) electrons. The van der Waals surface area contributed by atoms with Gasteiger partial charge in [0.25, 0.3) is 0 Å². The molecule has 16 nitrogen and oxygen atoms in total. The predicted octanol–water partition coefficient (Wildman–Crippen LogP) is 13.5. The molecule has 0 saturated carbocycles. The van der Waals surface area contributed by atoms with E-state index in [0.29, 0.717) is 40.0 Å². The molecule has 20 heteroatoms. The predicted molar refractivity (Wildman–Crippen MR) is 333 cm³/mol. The number of hydrogen-bond acceptors (Lipinski definition) is 16. The summed E-state index contributed by atoms with van der Waals surface area (Å²) >= 11 is 0. The average Bonchev–Trinajstić information content (AvgIpc) is 3.40. The van der Waals surface area contributed by atoms with E-state index < -0.39 is 28.8 Å². The minimum Gasteiger partial charge on any atom is -0.504 e. The third kappa shape index (κ3) is 27.1. The topological polar surface area (TPSA) is 209 Å².